The predicted molar refractivity (Wildman–Crippen MR) is 94.3 cm³/mol. The van der Waals surface area contributed by atoms with E-state index in [1.54, 1.807) is 18.2 Å². The topological polar surface area (TPSA) is 89.3 Å². The maximum atomic E-state index is 12.4. The number of carbonyl (C=O) groups excluding carboxylic acids is 1. The van der Waals surface area contributed by atoms with Crippen LogP contribution >= 0.6 is 15.9 Å². The molecule has 1 heterocycles. The summed E-state index contributed by atoms with van der Waals surface area (Å²) in [5.74, 6) is -0.150. The van der Waals surface area contributed by atoms with E-state index < -0.39 is 20.6 Å². The molecule has 0 spiro atoms. The third-order valence-electron chi connectivity index (χ3n) is 3.19. The molecule has 24 heavy (non-hydrogen) atoms. The SMILES string of the molecule is C=C(C(=O)Nc1cc(C(C)(C)C)on1)S(=O)(=O)c1ccc(Br)cc1. The molecular weight excluding hydrogens is 396 g/mol. The van der Waals surface area contributed by atoms with E-state index in [9.17, 15) is 13.2 Å². The minimum Gasteiger partial charge on any atom is -0.359 e. The lowest BCUT2D eigenvalue weighted by atomic mass is 9.93. The Balaban J connectivity index is 2.19. The predicted octanol–water partition coefficient (Wildman–Crippen LogP) is 3.66. The summed E-state index contributed by atoms with van der Waals surface area (Å²) in [6.07, 6.45) is 0. The highest BCUT2D eigenvalue weighted by Crippen LogP contribution is 2.25. The van der Waals surface area contributed by atoms with Gasteiger partial charge in [-0.05, 0) is 24.3 Å². The smallest absolute Gasteiger partial charge is 0.268 e. The van der Waals surface area contributed by atoms with Gasteiger partial charge >= 0.3 is 0 Å². The number of nitrogens with zero attached hydrogens (tertiary/aromatic N) is 1. The highest BCUT2D eigenvalue weighted by molar-refractivity contribution is 9.10. The van der Waals surface area contributed by atoms with E-state index in [0.717, 1.165) is 4.47 Å². The number of amides is 1. The molecule has 0 aliphatic heterocycles. The number of hydrogen-bond donors (Lipinski definition) is 1. The molecule has 1 N–H and O–H groups in total. The summed E-state index contributed by atoms with van der Waals surface area (Å²) in [4.78, 5) is 11.6. The van der Waals surface area contributed by atoms with Gasteiger partial charge in [-0.15, -0.1) is 0 Å². The Morgan fingerprint density at radius 1 is 1.25 bits per heavy atom. The summed E-state index contributed by atoms with van der Waals surface area (Å²) in [5.41, 5.74) is -0.281. The van der Waals surface area contributed by atoms with Crippen LogP contribution in [0.25, 0.3) is 0 Å². The fraction of sp³-hybridized carbons (Fsp3) is 0.250. The lowest BCUT2D eigenvalue weighted by Crippen LogP contribution is -2.20. The van der Waals surface area contributed by atoms with Crippen LogP contribution in [0, 0.1) is 0 Å². The maximum Gasteiger partial charge on any atom is 0.268 e. The lowest BCUT2D eigenvalue weighted by Gasteiger charge is -2.12. The number of halogens is 1. The van der Waals surface area contributed by atoms with Crippen LogP contribution in [0.1, 0.15) is 26.5 Å². The fourth-order valence-electron chi connectivity index (χ4n) is 1.75. The van der Waals surface area contributed by atoms with E-state index in [1.165, 1.54) is 12.1 Å². The van der Waals surface area contributed by atoms with Gasteiger partial charge in [-0.3, -0.25) is 4.79 Å². The molecule has 0 aliphatic carbocycles. The van der Waals surface area contributed by atoms with E-state index >= 15 is 0 Å². The van der Waals surface area contributed by atoms with E-state index in [-0.39, 0.29) is 16.1 Å². The van der Waals surface area contributed by atoms with Crippen molar-refractivity contribution < 1.29 is 17.7 Å². The zero-order valence-corrected chi connectivity index (χ0v) is 15.9. The highest BCUT2D eigenvalue weighted by atomic mass is 79.9. The molecule has 1 amide bonds. The third kappa shape index (κ3) is 3.93. The molecule has 1 aromatic carbocycles. The summed E-state index contributed by atoms with van der Waals surface area (Å²) >= 11 is 3.23. The number of anilines is 1. The monoisotopic (exact) mass is 412 g/mol. The Labute approximate surface area is 149 Å². The molecule has 0 aliphatic rings. The van der Waals surface area contributed by atoms with Crippen molar-refractivity contribution in [1.82, 2.24) is 5.16 Å². The molecule has 2 aromatic rings. The second-order valence-corrected chi connectivity index (χ2v) is 9.05. The van der Waals surface area contributed by atoms with Crippen molar-refractivity contribution in [2.24, 2.45) is 0 Å². The average molecular weight is 413 g/mol. The first kappa shape index (κ1) is 18.4. The molecule has 0 saturated carbocycles. The van der Waals surface area contributed by atoms with Crippen LogP contribution in [-0.4, -0.2) is 19.5 Å². The molecule has 0 bridgehead atoms. The van der Waals surface area contributed by atoms with Crippen LogP contribution in [0.3, 0.4) is 0 Å². The zero-order chi connectivity index (χ0) is 18.1. The Kier molecular flexibility index (Phi) is 5.00. The van der Waals surface area contributed by atoms with Crippen molar-refractivity contribution in [2.45, 2.75) is 31.1 Å². The number of nitrogens with one attached hydrogen (secondary N) is 1. The van der Waals surface area contributed by atoms with E-state index in [2.05, 4.69) is 33.0 Å². The van der Waals surface area contributed by atoms with Crippen molar-refractivity contribution in [2.75, 3.05) is 5.32 Å². The Morgan fingerprint density at radius 2 is 1.83 bits per heavy atom. The Bertz CT molecular complexity index is 878. The Morgan fingerprint density at radius 3 is 2.33 bits per heavy atom. The number of sulfone groups is 1. The molecule has 1 aromatic heterocycles. The van der Waals surface area contributed by atoms with Crippen LogP contribution in [0.2, 0.25) is 0 Å². The molecule has 0 saturated heterocycles. The van der Waals surface area contributed by atoms with Crippen LogP contribution in [-0.2, 0) is 20.0 Å². The lowest BCUT2D eigenvalue weighted by molar-refractivity contribution is -0.112. The third-order valence-corrected chi connectivity index (χ3v) is 5.45. The van der Waals surface area contributed by atoms with Gasteiger partial charge in [0.05, 0.1) is 4.90 Å². The van der Waals surface area contributed by atoms with E-state index in [0.29, 0.717) is 5.76 Å². The van der Waals surface area contributed by atoms with Gasteiger partial charge < -0.3 is 9.84 Å². The second-order valence-electron chi connectivity index (χ2n) is 6.16. The molecule has 0 atom stereocenters. The molecule has 8 heteroatoms. The summed E-state index contributed by atoms with van der Waals surface area (Å²) in [6, 6.07) is 7.49. The van der Waals surface area contributed by atoms with Gasteiger partial charge in [0.2, 0.25) is 9.84 Å². The quantitative estimate of drug-likeness (QED) is 0.773. The van der Waals surface area contributed by atoms with Crippen molar-refractivity contribution in [3.8, 4) is 0 Å². The maximum absolute atomic E-state index is 12.4. The van der Waals surface area contributed by atoms with E-state index in [4.69, 9.17) is 4.52 Å². The van der Waals surface area contributed by atoms with Crippen molar-refractivity contribution in [1.29, 1.82) is 0 Å². The summed E-state index contributed by atoms with van der Waals surface area (Å²) in [5, 5.41) is 6.11. The van der Waals surface area contributed by atoms with Crippen LogP contribution in [0.5, 0.6) is 0 Å². The van der Waals surface area contributed by atoms with Crippen molar-refractivity contribution in [3.05, 3.63) is 52.0 Å². The number of carbonyl (C=O) groups is 1. The first-order valence-electron chi connectivity index (χ1n) is 7.00. The largest absolute Gasteiger partial charge is 0.359 e. The van der Waals surface area contributed by atoms with Crippen molar-refractivity contribution in [3.63, 3.8) is 0 Å². The molecule has 0 radical (unpaired) electrons. The second kappa shape index (κ2) is 6.52. The first-order valence-corrected chi connectivity index (χ1v) is 9.27. The van der Waals surface area contributed by atoms with Crippen molar-refractivity contribution >= 4 is 37.5 Å². The van der Waals surface area contributed by atoms with E-state index in [1.807, 2.05) is 20.8 Å². The molecule has 128 valence electrons. The fourth-order valence-corrected chi connectivity index (χ4v) is 3.09. The van der Waals surface area contributed by atoms with Gasteiger partial charge in [0.15, 0.2) is 5.82 Å². The molecule has 0 unspecified atom stereocenters. The van der Waals surface area contributed by atoms with Gasteiger partial charge in [-0.2, -0.15) is 0 Å². The van der Waals surface area contributed by atoms with Gasteiger partial charge in [-0.1, -0.05) is 48.4 Å². The minimum absolute atomic E-state index is 0.0126. The number of aromatic nitrogens is 1. The zero-order valence-electron chi connectivity index (χ0n) is 13.5. The number of rotatable bonds is 4. The summed E-state index contributed by atoms with van der Waals surface area (Å²) in [7, 11) is -3.98. The number of hydrogen-bond acceptors (Lipinski definition) is 5. The standard InChI is InChI=1S/C16H17BrN2O4S/c1-10(24(21,22)12-7-5-11(17)6-8-12)15(20)18-14-9-13(23-19-14)16(2,3)4/h5-9H,1H2,2-4H3,(H,18,19,20). The van der Waals surface area contributed by atoms with Gasteiger partial charge in [0.25, 0.3) is 5.91 Å². The van der Waals surface area contributed by atoms with Crippen LogP contribution in [0.15, 0.2) is 55.7 Å². The normalized spacial score (nSPS) is 12.0. The van der Waals surface area contributed by atoms with Gasteiger partial charge in [0.1, 0.15) is 10.7 Å². The number of benzene rings is 1. The summed E-state index contributed by atoms with van der Waals surface area (Å²) in [6.45, 7) is 9.19. The summed E-state index contributed by atoms with van der Waals surface area (Å²) < 4.78 is 30.7. The molecule has 6 nitrogen and oxygen atoms in total. The molecular formula is C16H17BrN2O4S. The molecule has 0 fully saturated rings. The van der Waals surface area contributed by atoms with Gasteiger partial charge in [0, 0.05) is 16.0 Å². The average Bonchev–Trinajstić information content (AvgIpc) is 2.95. The highest BCUT2D eigenvalue weighted by Gasteiger charge is 2.26. The molecule has 2 rings (SSSR count). The Hall–Kier alpha value is -1.93. The first-order chi connectivity index (χ1) is 11.0. The van der Waals surface area contributed by atoms with Crippen LogP contribution < -0.4 is 5.32 Å². The minimum atomic E-state index is -3.98. The van der Waals surface area contributed by atoms with Gasteiger partial charge in [-0.25, -0.2) is 8.42 Å². The van der Waals surface area contributed by atoms with Crippen LogP contribution in [0.4, 0.5) is 5.82 Å².